The SMILES string of the molecule is CO.COC1C(F)C(=O)NC(=O)N1C1CC(F)C(CO)O1.O=C1NC(=O)N2C3CC(F)C(COC2C1F)O3.O=c1ccn(C2CC(F)C(CO)O2)c(=O)[nH]1.[3H]NF. The quantitative estimate of drug-likeness (QED) is 0.120. The maximum Gasteiger partial charge on any atom is 0.330 e. The van der Waals surface area contributed by atoms with Gasteiger partial charge in [-0.3, -0.25) is 44.4 Å². The zero-order valence-corrected chi connectivity index (χ0v) is 29.3. The number of aromatic nitrogens is 2. The van der Waals surface area contributed by atoms with Crippen LogP contribution < -0.4 is 27.8 Å². The number of aliphatic hydroxyl groups is 3. The van der Waals surface area contributed by atoms with Crippen LogP contribution in [0.1, 0.15) is 25.5 Å². The monoisotopic (exact) mass is 827 g/mol. The number of nitrogens with two attached hydrogens (primary N) is 1. The molecule has 0 aliphatic carbocycles. The van der Waals surface area contributed by atoms with Crippen LogP contribution in [-0.4, -0.2) is 167 Å². The van der Waals surface area contributed by atoms with Crippen molar-refractivity contribution in [3.05, 3.63) is 33.1 Å². The van der Waals surface area contributed by atoms with Gasteiger partial charge in [0.25, 0.3) is 17.4 Å². The van der Waals surface area contributed by atoms with Gasteiger partial charge in [-0.15, -0.1) is 4.48 Å². The van der Waals surface area contributed by atoms with Crippen molar-refractivity contribution in [2.75, 3.05) is 34.0 Å². The molecule has 0 aromatic carbocycles. The fourth-order valence-corrected chi connectivity index (χ4v) is 6.14. The maximum absolute atomic E-state index is 13.7. The van der Waals surface area contributed by atoms with E-state index in [4.69, 9.17) is 40.4 Å². The molecule has 56 heavy (non-hydrogen) atoms. The van der Waals surface area contributed by atoms with Gasteiger partial charge in [-0.25, -0.2) is 36.3 Å². The van der Waals surface area contributed by atoms with Crippen molar-refractivity contribution >= 4 is 23.9 Å². The lowest BCUT2D eigenvalue weighted by atomic mass is 10.1. The minimum absolute atomic E-state index is 0.0167. The van der Waals surface area contributed by atoms with Gasteiger partial charge in [0.05, 0.1) is 19.8 Å². The van der Waals surface area contributed by atoms with Crippen LogP contribution in [0.5, 0.6) is 0 Å². The van der Waals surface area contributed by atoms with Gasteiger partial charge in [0.2, 0.25) is 12.3 Å². The van der Waals surface area contributed by atoms with Crippen molar-refractivity contribution in [3.63, 3.8) is 0 Å². The van der Waals surface area contributed by atoms with E-state index < -0.39 is 129 Å². The van der Waals surface area contributed by atoms with Crippen LogP contribution >= 0.6 is 0 Å². The van der Waals surface area contributed by atoms with Crippen LogP contribution in [0.2, 0.25) is 1.41 Å². The third kappa shape index (κ3) is 10.2. The van der Waals surface area contributed by atoms with Crippen molar-refractivity contribution in [3.8, 4) is 0 Å². The number of methoxy groups -OCH3 is 1. The predicted molar refractivity (Wildman–Crippen MR) is 170 cm³/mol. The number of rotatable bonds is 5. The minimum Gasteiger partial charge on any atom is -0.400 e. The lowest BCUT2D eigenvalue weighted by molar-refractivity contribution is -0.164. The van der Waals surface area contributed by atoms with E-state index in [2.05, 4.69) is 4.98 Å². The molecule has 27 heteroatoms. The number of H-pyrrole nitrogens is 1. The lowest BCUT2D eigenvalue weighted by Gasteiger charge is -2.38. The number of aromatic amines is 1. The molecule has 6 fully saturated rings. The highest BCUT2D eigenvalue weighted by molar-refractivity contribution is 6.00. The number of nitrogens with zero attached hydrogens (tertiary/aromatic N) is 3. The van der Waals surface area contributed by atoms with E-state index in [0.717, 1.165) is 34.7 Å². The second-order valence-electron chi connectivity index (χ2n) is 12.1. The Morgan fingerprint density at radius 1 is 0.821 bits per heavy atom. The highest BCUT2D eigenvalue weighted by atomic mass is 19.2. The molecule has 6 amide bonds. The fourth-order valence-electron chi connectivity index (χ4n) is 6.14. The minimum atomic E-state index is -2.09. The number of nitrogens with one attached hydrogen (secondary N) is 3. The zero-order chi connectivity index (χ0) is 42.7. The molecule has 6 aliphatic heterocycles. The van der Waals surface area contributed by atoms with Gasteiger partial charge in [0.15, 0.2) is 13.9 Å². The van der Waals surface area contributed by atoms with Crippen LogP contribution in [-0.2, 0) is 33.3 Å². The second kappa shape index (κ2) is 20.8. The Balaban J connectivity index is 0.000000217. The molecule has 2 bridgehead atoms. The Labute approximate surface area is 312 Å². The van der Waals surface area contributed by atoms with E-state index in [1.807, 2.05) is 5.32 Å². The molecule has 1 aromatic heterocycles. The molecule has 0 radical (unpaired) electrons. The highest BCUT2D eigenvalue weighted by Gasteiger charge is 2.53. The van der Waals surface area contributed by atoms with Crippen molar-refractivity contribution in [1.82, 2.24) is 30.0 Å². The lowest BCUT2D eigenvalue weighted by Crippen LogP contribution is -2.64. The number of halogens is 6. The average Bonchev–Trinajstić information content (AvgIpc) is 3.81. The number of hydrogen-bond donors (Lipinski definition) is 7. The summed E-state index contributed by atoms with van der Waals surface area (Å²) >= 11 is 0. The summed E-state index contributed by atoms with van der Waals surface area (Å²) in [6.07, 6.45) is -15.5. The van der Waals surface area contributed by atoms with E-state index in [9.17, 15) is 55.2 Å². The summed E-state index contributed by atoms with van der Waals surface area (Å²) in [6.45, 7) is -1.15. The number of hydrogen-bond acceptors (Lipinski definition) is 15. The molecule has 7 rings (SSSR count). The molecule has 6 saturated heterocycles. The van der Waals surface area contributed by atoms with E-state index >= 15 is 0 Å². The summed E-state index contributed by atoms with van der Waals surface area (Å²) in [5, 5.41) is 28.3. The number of fused-ring (bicyclic) bond motifs is 4. The number of urea groups is 2. The first kappa shape index (κ1) is 44.5. The third-order valence-corrected chi connectivity index (χ3v) is 8.78. The van der Waals surface area contributed by atoms with E-state index in [-0.39, 0.29) is 25.9 Å². The Morgan fingerprint density at radius 2 is 1.32 bits per heavy atom. The molecule has 318 valence electrons. The van der Waals surface area contributed by atoms with Gasteiger partial charge < -0.3 is 39.0 Å². The number of amides is 6. The number of carbonyl (C=O) groups is 4. The fraction of sp³-hybridized carbons (Fsp3) is 0.724. The molecule has 0 saturated carbocycles. The van der Waals surface area contributed by atoms with Crippen molar-refractivity contribution < 1.29 is 86.0 Å². The second-order valence-corrected chi connectivity index (χ2v) is 12.1. The van der Waals surface area contributed by atoms with E-state index in [1.165, 1.54) is 6.20 Å². The molecule has 1 aromatic rings. The molecule has 6 aliphatic rings. The number of ether oxygens (including phenoxy) is 5. The normalized spacial score (nSPS) is 36.1. The number of carbonyl (C=O) groups excluding carboxylic acids is 4. The smallest absolute Gasteiger partial charge is 0.330 e. The molecular formula is C29H41F6N7O14. The molecule has 13 unspecified atom stereocenters. The van der Waals surface area contributed by atoms with Crippen LogP contribution in [0, 0.1) is 0 Å². The first-order chi connectivity index (χ1) is 27.1. The van der Waals surface area contributed by atoms with Crippen molar-refractivity contribution in [1.29, 1.82) is 0 Å². The Hall–Kier alpha value is -4.22. The molecular weight excluding hydrogens is 784 g/mol. The van der Waals surface area contributed by atoms with Gasteiger partial charge in [0, 0.05) is 45.7 Å². The number of imide groups is 2. The highest BCUT2D eigenvalue weighted by Crippen LogP contribution is 2.34. The number of alkyl halides is 5. The van der Waals surface area contributed by atoms with Gasteiger partial charge in [-0.2, -0.15) is 5.95 Å². The molecule has 0 spiro atoms. The van der Waals surface area contributed by atoms with Gasteiger partial charge in [-0.05, 0) is 0 Å². The topological polar surface area (TPSA) is 287 Å². The van der Waals surface area contributed by atoms with E-state index in [0.29, 0.717) is 5.95 Å². The summed E-state index contributed by atoms with van der Waals surface area (Å²) in [4.78, 5) is 71.5. The Kier molecular flexibility index (Phi) is 16.5. The first-order valence-electron chi connectivity index (χ1n) is 16.9. The molecule has 13 atom stereocenters. The predicted octanol–water partition coefficient (Wildman–Crippen LogP) is -2.43. The summed E-state index contributed by atoms with van der Waals surface area (Å²) in [7, 11) is 2.13. The summed E-state index contributed by atoms with van der Waals surface area (Å²) in [6, 6.07) is -0.570. The van der Waals surface area contributed by atoms with Crippen LogP contribution in [0.25, 0.3) is 0 Å². The van der Waals surface area contributed by atoms with Gasteiger partial charge in [-0.1, -0.05) is 0 Å². The third-order valence-electron chi connectivity index (χ3n) is 8.78. The van der Waals surface area contributed by atoms with Crippen molar-refractivity contribution in [2.24, 2.45) is 5.95 Å². The van der Waals surface area contributed by atoms with Crippen LogP contribution in [0.4, 0.5) is 36.0 Å². The molecule has 7 heterocycles. The zero-order valence-electron chi connectivity index (χ0n) is 30.3. The van der Waals surface area contributed by atoms with Crippen LogP contribution in [0.15, 0.2) is 21.9 Å². The number of aliphatic hydroxyl groups excluding tert-OH is 3. The Morgan fingerprint density at radius 3 is 1.86 bits per heavy atom. The summed E-state index contributed by atoms with van der Waals surface area (Å²) < 4.78 is 109. The largest absolute Gasteiger partial charge is 0.400 e. The maximum atomic E-state index is 13.7. The van der Waals surface area contributed by atoms with Crippen LogP contribution in [0.3, 0.4) is 0 Å². The Bertz CT molecular complexity index is 1640. The van der Waals surface area contributed by atoms with Gasteiger partial charge in [0.1, 0.15) is 55.5 Å². The van der Waals surface area contributed by atoms with Crippen molar-refractivity contribution in [2.45, 2.75) is 99.6 Å². The summed E-state index contributed by atoms with van der Waals surface area (Å²) in [5.41, 5.74) is -1.17. The van der Waals surface area contributed by atoms with E-state index in [1.54, 1.807) is 5.32 Å². The van der Waals surface area contributed by atoms with Gasteiger partial charge >= 0.3 is 17.8 Å². The molecule has 8 N–H and O–H groups in total. The molecule has 21 nitrogen and oxygen atoms in total. The average molecular weight is 828 g/mol. The summed E-state index contributed by atoms with van der Waals surface area (Å²) in [5.74, 6) is -1.65. The standard InChI is InChI=1S/C10H14F2N2O5.C9H10F2N2O4.C9H11FN2O4.CH4O.FH2N/c1-18-9-7(12)8(16)13-10(17)14(9)6-2-4(11)5(3-15)19-6;10-3-1-5-13-8(16-2-4(3)17-5)6(11)7(14)12-9(13)15;10-5-3-8(16-6(5)4-13)12-2-1-7(14)11-9(12)15;2*1-2/h4-7,9,15H,2-3H2,1H3,(H,13,16,17);3-6,8H,1-2H2,(H,12,14,15);1-2,5-6,8,13H,3-4H2,(H,11,14,15);2H,1H3;2H2/i;;;;2T. The first-order valence-corrected chi connectivity index (χ1v) is 16.4.